The molecule has 2 aliphatic carbocycles. The van der Waals surface area contributed by atoms with Crippen LogP contribution in [0.5, 0.6) is 0 Å². The molecule has 2 fully saturated rings. The Kier molecular flexibility index (Phi) is 3.76. The molecule has 0 aromatic rings. The minimum atomic E-state index is -0.416. The van der Waals surface area contributed by atoms with Gasteiger partial charge in [-0.1, -0.05) is 6.92 Å². The van der Waals surface area contributed by atoms with Crippen LogP contribution in [0.1, 0.15) is 58.8 Å². The number of carbonyl (C=O) groups is 1. The first-order chi connectivity index (χ1) is 8.00. The van der Waals surface area contributed by atoms with Crippen LogP contribution in [0.2, 0.25) is 0 Å². The zero-order chi connectivity index (χ0) is 12.5. The van der Waals surface area contributed by atoms with Gasteiger partial charge in [0, 0.05) is 5.54 Å². The predicted molar refractivity (Wildman–Crippen MR) is 67.5 cm³/mol. The predicted octanol–water partition coefficient (Wildman–Crippen LogP) is 2.23. The fourth-order valence-corrected chi connectivity index (χ4v) is 3.16. The number of hydrogen-bond acceptors (Lipinski definition) is 2. The van der Waals surface area contributed by atoms with E-state index < -0.39 is 6.10 Å². The summed E-state index contributed by atoms with van der Waals surface area (Å²) in [7, 11) is 0. The molecule has 0 saturated heterocycles. The second-order valence-corrected chi connectivity index (χ2v) is 6.34. The van der Waals surface area contributed by atoms with E-state index in [1.807, 2.05) is 0 Å². The van der Waals surface area contributed by atoms with Crippen LogP contribution in [-0.4, -0.2) is 22.7 Å². The fourth-order valence-electron chi connectivity index (χ4n) is 3.16. The van der Waals surface area contributed by atoms with Crippen LogP contribution >= 0.6 is 0 Å². The van der Waals surface area contributed by atoms with Gasteiger partial charge >= 0.3 is 0 Å². The van der Waals surface area contributed by atoms with Gasteiger partial charge in [-0.2, -0.15) is 0 Å². The molecule has 0 aromatic carbocycles. The van der Waals surface area contributed by atoms with Gasteiger partial charge in [0.15, 0.2) is 0 Å². The third kappa shape index (κ3) is 3.01. The Morgan fingerprint density at radius 3 is 2.41 bits per heavy atom. The van der Waals surface area contributed by atoms with Crippen molar-refractivity contribution in [3.05, 3.63) is 0 Å². The Morgan fingerprint density at radius 2 is 1.88 bits per heavy atom. The molecule has 2 saturated carbocycles. The maximum Gasteiger partial charge on any atom is 0.226 e. The van der Waals surface area contributed by atoms with Crippen molar-refractivity contribution in [1.29, 1.82) is 0 Å². The summed E-state index contributed by atoms with van der Waals surface area (Å²) in [5, 5.41) is 12.9. The molecule has 0 radical (unpaired) electrons. The molecule has 2 N–H and O–H groups in total. The maximum atomic E-state index is 12.1. The second-order valence-electron chi connectivity index (χ2n) is 6.34. The van der Waals surface area contributed by atoms with Crippen LogP contribution in [0.3, 0.4) is 0 Å². The van der Waals surface area contributed by atoms with Gasteiger partial charge in [0.25, 0.3) is 0 Å². The molecule has 1 amide bonds. The number of aliphatic hydroxyl groups excluding tert-OH is 1. The van der Waals surface area contributed by atoms with Crippen molar-refractivity contribution >= 4 is 5.91 Å². The van der Waals surface area contributed by atoms with E-state index in [2.05, 4.69) is 19.2 Å². The van der Waals surface area contributed by atoms with Gasteiger partial charge in [0.2, 0.25) is 5.91 Å². The van der Waals surface area contributed by atoms with E-state index in [0.29, 0.717) is 0 Å². The first-order valence-electron chi connectivity index (χ1n) is 7.00. The highest BCUT2D eigenvalue weighted by Gasteiger charge is 2.36. The maximum absolute atomic E-state index is 12.1. The molecule has 0 aromatic heterocycles. The van der Waals surface area contributed by atoms with E-state index >= 15 is 0 Å². The number of aliphatic hydroxyl groups is 1. The van der Waals surface area contributed by atoms with Crippen LogP contribution in [0.25, 0.3) is 0 Å². The topological polar surface area (TPSA) is 49.3 Å². The first-order valence-corrected chi connectivity index (χ1v) is 7.00. The summed E-state index contributed by atoms with van der Waals surface area (Å²) in [4.78, 5) is 12.1. The minimum absolute atomic E-state index is 0.0358. The Hall–Kier alpha value is -0.570. The number of nitrogens with one attached hydrogen (secondary N) is 1. The third-order valence-corrected chi connectivity index (χ3v) is 4.62. The highest BCUT2D eigenvalue weighted by atomic mass is 16.3. The Morgan fingerprint density at radius 1 is 1.24 bits per heavy atom. The molecule has 0 aliphatic heterocycles. The van der Waals surface area contributed by atoms with Gasteiger partial charge in [-0.15, -0.1) is 0 Å². The minimum Gasteiger partial charge on any atom is -0.392 e. The van der Waals surface area contributed by atoms with E-state index in [4.69, 9.17) is 0 Å². The van der Waals surface area contributed by atoms with Crippen LogP contribution in [0, 0.1) is 11.8 Å². The number of carbonyl (C=O) groups excluding carboxylic acids is 1. The van der Waals surface area contributed by atoms with Crippen molar-refractivity contribution in [3.63, 3.8) is 0 Å². The summed E-state index contributed by atoms with van der Waals surface area (Å²) in [5.74, 6) is 0.704. The molecule has 0 bridgehead atoms. The molecule has 2 unspecified atom stereocenters. The zero-order valence-electron chi connectivity index (χ0n) is 11.0. The Labute approximate surface area is 104 Å². The highest BCUT2D eigenvalue weighted by molar-refractivity contribution is 5.80. The van der Waals surface area contributed by atoms with Crippen LogP contribution in [0.4, 0.5) is 0 Å². The molecular weight excluding hydrogens is 214 g/mol. The molecule has 0 heterocycles. The summed E-state index contributed by atoms with van der Waals surface area (Å²) in [6.07, 6.45) is 6.73. The molecule has 98 valence electrons. The van der Waals surface area contributed by atoms with Crippen LogP contribution in [0.15, 0.2) is 0 Å². The standard InChI is InChI=1S/C14H25NO2/c1-10-6-8-14(2,9-7-10)15-13(17)11-4-3-5-12(11)16/h10-12,16H,3-9H2,1-2H3,(H,15,17). The van der Waals surface area contributed by atoms with Gasteiger partial charge in [-0.3, -0.25) is 4.79 Å². The summed E-state index contributed by atoms with van der Waals surface area (Å²) in [6, 6.07) is 0. The molecule has 3 heteroatoms. The van der Waals surface area contributed by atoms with Crippen molar-refractivity contribution in [2.75, 3.05) is 0 Å². The van der Waals surface area contributed by atoms with E-state index in [9.17, 15) is 9.90 Å². The lowest BCUT2D eigenvalue weighted by atomic mass is 9.78. The number of amides is 1. The lowest BCUT2D eigenvalue weighted by Gasteiger charge is -2.38. The van der Waals surface area contributed by atoms with Gasteiger partial charge in [0.05, 0.1) is 12.0 Å². The summed E-state index contributed by atoms with van der Waals surface area (Å²) in [5.41, 5.74) is -0.0358. The normalized spacial score (nSPS) is 42.4. The van der Waals surface area contributed by atoms with Gasteiger partial charge in [-0.05, 0) is 57.8 Å². The average Bonchev–Trinajstić information content (AvgIpc) is 2.69. The summed E-state index contributed by atoms with van der Waals surface area (Å²) >= 11 is 0. The molecule has 2 rings (SSSR count). The van der Waals surface area contributed by atoms with E-state index in [-0.39, 0.29) is 17.4 Å². The lowest BCUT2D eigenvalue weighted by molar-refractivity contribution is -0.129. The zero-order valence-corrected chi connectivity index (χ0v) is 11.0. The molecule has 2 atom stereocenters. The molecule has 17 heavy (non-hydrogen) atoms. The van der Waals surface area contributed by atoms with Gasteiger partial charge in [-0.25, -0.2) is 0 Å². The second kappa shape index (κ2) is 4.97. The van der Waals surface area contributed by atoms with Crippen molar-refractivity contribution in [2.24, 2.45) is 11.8 Å². The molecule has 0 spiro atoms. The van der Waals surface area contributed by atoms with Crippen molar-refractivity contribution in [1.82, 2.24) is 5.32 Å². The van der Waals surface area contributed by atoms with Crippen molar-refractivity contribution < 1.29 is 9.90 Å². The van der Waals surface area contributed by atoms with Crippen LogP contribution < -0.4 is 5.32 Å². The fraction of sp³-hybridized carbons (Fsp3) is 0.929. The SMILES string of the molecule is CC1CCC(C)(NC(=O)C2CCCC2O)CC1. The molecular formula is C14H25NO2. The quantitative estimate of drug-likeness (QED) is 0.776. The van der Waals surface area contributed by atoms with Gasteiger partial charge < -0.3 is 10.4 Å². The molecule has 3 nitrogen and oxygen atoms in total. The van der Waals surface area contributed by atoms with Gasteiger partial charge in [0.1, 0.15) is 0 Å². The van der Waals surface area contributed by atoms with Crippen molar-refractivity contribution in [3.8, 4) is 0 Å². The monoisotopic (exact) mass is 239 g/mol. The smallest absolute Gasteiger partial charge is 0.226 e. The van der Waals surface area contributed by atoms with E-state index in [1.54, 1.807) is 0 Å². The largest absolute Gasteiger partial charge is 0.392 e. The van der Waals surface area contributed by atoms with Crippen molar-refractivity contribution in [2.45, 2.75) is 70.4 Å². The Balaban J connectivity index is 1.89. The average molecular weight is 239 g/mol. The third-order valence-electron chi connectivity index (χ3n) is 4.62. The lowest BCUT2D eigenvalue weighted by Crippen LogP contribution is -2.51. The Bertz CT molecular complexity index is 282. The van der Waals surface area contributed by atoms with E-state index in [1.165, 1.54) is 12.8 Å². The number of hydrogen-bond donors (Lipinski definition) is 2. The first kappa shape index (κ1) is 12.9. The summed E-state index contributed by atoms with van der Waals surface area (Å²) < 4.78 is 0. The van der Waals surface area contributed by atoms with Crippen LogP contribution in [-0.2, 0) is 4.79 Å². The van der Waals surface area contributed by atoms with E-state index in [0.717, 1.165) is 38.0 Å². The highest BCUT2D eigenvalue weighted by Crippen LogP contribution is 2.33. The molecule has 2 aliphatic rings. The summed E-state index contributed by atoms with van der Waals surface area (Å²) in [6.45, 7) is 4.43. The number of rotatable bonds is 2.